The van der Waals surface area contributed by atoms with E-state index in [1.807, 2.05) is 19.1 Å². The third kappa shape index (κ3) is 5.12. The number of esters is 1. The number of aryl methyl sites for hydroxylation is 1. The van der Waals surface area contributed by atoms with E-state index in [2.05, 4.69) is 0 Å². The Hall–Kier alpha value is -1.10. The van der Waals surface area contributed by atoms with E-state index in [1.165, 1.54) is 13.8 Å². The Bertz CT molecular complexity index is 445. The van der Waals surface area contributed by atoms with Gasteiger partial charge in [-0.15, -0.1) is 0 Å². The minimum atomic E-state index is -1.42. The first-order valence-corrected chi connectivity index (χ1v) is 6.93. The van der Waals surface area contributed by atoms with Crippen molar-refractivity contribution in [3.63, 3.8) is 0 Å². The number of carbonyl (C=O) groups excluding carboxylic acids is 1. The number of hydrogen-bond acceptors (Lipinski definition) is 4. The predicted molar refractivity (Wildman–Crippen MR) is 77.7 cm³/mol. The quantitative estimate of drug-likeness (QED) is 0.648. The highest BCUT2D eigenvalue weighted by atomic mass is 35.5. The maximum atomic E-state index is 11.9. The lowest BCUT2D eigenvalue weighted by molar-refractivity contribution is -0.216. The summed E-state index contributed by atoms with van der Waals surface area (Å²) in [6.07, 6.45) is -0.637. The predicted octanol–water partition coefficient (Wildman–Crippen LogP) is 2.87. The minimum absolute atomic E-state index is 0.256. The van der Waals surface area contributed by atoms with Crippen LogP contribution < -0.4 is 0 Å². The summed E-state index contributed by atoms with van der Waals surface area (Å²) in [5, 5.41) is 10.3. The molecule has 0 bridgehead atoms. The molecule has 0 fully saturated rings. The van der Waals surface area contributed by atoms with Gasteiger partial charge in [-0.3, -0.25) is 0 Å². The molecule has 1 atom stereocenters. The summed E-state index contributed by atoms with van der Waals surface area (Å²) < 4.78 is 10.4. The standard InChI is InChI=1S/C15H21ClO4/c1-5-19-14(17)13(20-15(3,4)18)9-11-10(2)7-6-8-12(11)16/h6-8,13,18H,5,9H2,1-4H3. The summed E-state index contributed by atoms with van der Waals surface area (Å²) in [5.41, 5.74) is 1.78. The van der Waals surface area contributed by atoms with Crippen LogP contribution in [0.2, 0.25) is 5.02 Å². The van der Waals surface area contributed by atoms with Crippen LogP contribution in [0.15, 0.2) is 18.2 Å². The maximum Gasteiger partial charge on any atom is 0.335 e. The maximum absolute atomic E-state index is 11.9. The highest BCUT2D eigenvalue weighted by Crippen LogP contribution is 2.23. The second-order valence-corrected chi connectivity index (χ2v) is 5.45. The van der Waals surface area contributed by atoms with E-state index < -0.39 is 17.9 Å². The number of hydrogen-bond donors (Lipinski definition) is 1. The molecule has 1 rings (SSSR count). The van der Waals surface area contributed by atoms with Gasteiger partial charge < -0.3 is 14.6 Å². The molecule has 0 aliphatic rings. The molecule has 0 saturated heterocycles. The van der Waals surface area contributed by atoms with Gasteiger partial charge in [0.05, 0.1) is 6.61 Å². The van der Waals surface area contributed by atoms with Crippen molar-refractivity contribution in [2.75, 3.05) is 6.61 Å². The average Bonchev–Trinajstić information content (AvgIpc) is 2.31. The van der Waals surface area contributed by atoms with Crippen LogP contribution in [-0.4, -0.2) is 29.6 Å². The molecule has 1 unspecified atom stereocenters. The molecule has 20 heavy (non-hydrogen) atoms. The molecule has 0 spiro atoms. The van der Waals surface area contributed by atoms with E-state index in [0.29, 0.717) is 5.02 Å². The highest BCUT2D eigenvalue weighted by Gasteiger charge is 2.29. The molecule has 4 nitrogen and oxygen atoms in total. The molecule has 0 amide bonds. The van der Waals surface area contributed by atoms with E-state index in [1.54, 1.807) is 13.0 Å². The number of halogens is 1. The molecule has 1 N–H and O–H groups in total. The molecule has 112 valence electrons. The van der Waals surface area contributed by atoms with Crippen LogP contribution in [0.5, 0.6) is 0 Å². The lowest BCUT2D eigenvalue weighted by Gasteiger charge is -2.25. The Balaban J connectivity index is 2.97. The van der Waals surface area contributed by atoms with Crippen LogP contribution in [0, 0.1) is 6.92 Å². The summed E-state index contributed by atoms with van der Waals surface area (Å²) in [6, 6.07) is 5.51. The van der Waals surface area contributed by atoms with Crippen LogP contribution in [0.4, 0.5) is 0 Å². The lowest BCUT2D eigenvalue weighted by Crippen LogP contribution is -2.38. The molecule has 0 aliphatic carbocycles. The van der Waals surface area contributed by atoms with Crippen molar-refractivity contribution in [1.29, 1.82) is 0 Å². The first-order valence-electron chi connectivity index (χ1n) is 6.55. The Morgan fingerprint density at radius 2 is 2.10 bits per heavy atom. The molecular formula is C15H21ClO4. The number of rotatable bonds is 6. The third-order valence-electron chi connectivity index (χ3n) is 2.72. The largest absolute Gasteiger partial charge is 0.464 e. The number of aliphatic hydroxyl groups is 1. The van der Waals surface area contributed by atoms with Crippen LogP contribution >= 0.6 is 11.6 Å². The van der Waals surface area contributed by atoms with Gasteiger partial charge in [0.1, 0.15) is 0 Å². The average molecular weight is 301 g/mol. The fourth-order valence-electron chi connectivity index (χ4n) is 1.87. The van der Waals surface area contributed by atoms with Gasteiger partial charge >= 0.3 is 5.97 Å². The normalized spacial score (nSPS) is 13.1. The van der Waals surface area contributed by atoms with Crippen molar-refractivity contribution in [2.24, 2.45) is 0 Å². The number of ether oxygens (including phenoxy) is 2. The van der Waals surface area contributed by atoms with Gasteiger partial charge in [-0.25, -0.2) is 4.79 Å². The van der Waals surface area contributed by atoms with Gasteiger partial charge in [0, 0.05) is 11.4 Å². The summed E-state index contributed by atoms with van der Waals surface area (Å²) in [4.78, 5) is 11.9. The van der Waals surface area contributed by atoms with Crippen molar-refractivity contribution in [2.45, 2.75) is 46.0 Å². The van der Waals surface area contributed by atoms with Crippen LogP contribution in [-0.2, 0) is 20.7 Å². The summed E-state index contributed by atoms with van der Waals surface area (Å²) >= 11 is 6.16. The first kappa shape index (κ1) is 17.0. The SMILES string of the molecule is CCOC(=O)C(Cc1c(C)cccc1Cl)OC(C)(C)O. The van der Waals surface area contributed by atoms with E-state index in [4.69, 9.17) is 21.1 Å². The molecule has 0 aliphatic heterocycles. The highest BCUT2D eigenvalue weighted by molar-refractivity contribution is 6.31. The molecule has 0 saturated carbocycles. The van der Waals surface area contributed by atoms with Crippen molar-refractivity contribution in [1.82, 2.24) is 0 Å². The second kappa shape index (κ2) is 7.07. The third-order valence-corrected chi connectivity index (χ3v) is 3.08. The van der Waals surface area contributed by atoms with E-state index in [9.17, 15) is 9.90 Å². The topological polar surface area (TPSA) is 55.8 Å². The second-order valence-electron chi connectivity index (χ2n) is 5.04. The molecule has 1 aromatic carbocycles. The van der Waals surface area contributed by atoms with E-state index >= 15 is 0 Å². The number of carbonyl (C=O) groups is 1. The van der Waals surface area contributed by atoms with E-state index in [0.717, 1.165) is 11.1 Å². The van der Waals surface area contributed by atoms with Gasteiger partial charge in [0.2, 0.25) is 0 Å². The van der Waals surface area contributed by atoms with Crippen molar-refractivity contribution >= 4 is 17.6 Å². The zero-order valence-electron chi connectivity index (χ0n) is 12.3. The van der Waals surface area contributed by atoms with Crippen molar-refractivity contribution in [3.05, 3.63) is 34.3 Å². The van der Waals surface area contributed by atoms with Gasteiger partial charge in [0.15, 0.2) is 11.9 Å². The molecule has 0 heterocycles. The van der Waals surface area contributed by atoms with Crippen molar-refractivity contribution < 1.29 is 19.4 Å². The monoisotopic (exact) mass is 300 g/mol. The van der Waals surface area contributed by atoms with Crippen LogP contribution in [0.3, 0.4) is 0 Å². The Morgan fingerprint density at radius 3 is 2.60 bits per heavy atom. The first-order chi connectivity index (χ1) is 9.24. The fraction of sp³-hybridized carbons (Fsp3) is 0.533. The van der Waals surface area contributed by atoms with Gasteiger partial charge in [0.25, 0.3) is 0 Å². The zero-order valence-corrected chi connectivity index (χ0v) is 13.0. The van der Waals surface area contributed by atoms with Crippen LogP contribution in [0.25, 0.3) is 0 Å². The molecule has 5 heteroatoms. The van der Waals surface area contributed by atoms with E-state index in [-0.39, 0.29) is 13.0 Å². The molecule has 0 radical (unpaired) electrons. The van der Waals surface area contributed by atoms with Crippen LogP contribution in [0.1, 0.15) is 31.9 Å². The molecular weight excluding hydrogens is 280 g/mol. The van der Waals surface area contributed by atoms with Gasteiger partial charge in [-0.05, 0) is 44.9 Å². The Morgan fingerprint density at radius 1 is 1.45 bits per heavy atom. The van der Waals surface area contributed by atoms with Crippen molar-refractivity contribution in [3.8, 4) is 0 Å². The number of benzene rings is 1. The Kier molecular flexibility index (Phi) is 5.99. The summed E-state index contributed by atoms with van der Waals surface area (Å²) in [6.45, 7) is 6.83. The zero-order chi connectivity index (χ0) is 15.3. The molecule has 0 aromatic heterocycles. The smallest absolute Gasteiger partial charge is 0.335 e. The Labute approximate surface area is 124 Å². The fourth-order valence-corrected chi connectivity index (χ4v) is 2.17. The lowest BCUT2D eigenvalue weighted by atomic mass is 10.0. The summed E-state index contributed by atoms with van der Waals surface area (Å²) in [7, 11) is 0. The van der Waals surface area contributed by atoms with Gasteiger partial charge in [-0.2, -0.15) is 0 Å². The van der Waals surface area contributed by atoms with Gasteiger partial charge in [-0.1, -0.05) is 23.7 Å². The molecule has 1 aromatic rings. The summed E-state index contributed by atoms with van der Waals surface area (Å²) in [5.74, 6) is -1.93. The minimum Gasteiger partial charge on any atom is -0.464 e.